The van der Waals surface area contributed by atoms with Gasteiger partial charge < -0.3 is 65.6 Å². The molecule has 0 aliphatic carbocycles. The van der Waals surface area contributed by atoms with Gasteiger partial charge in [0.2, 0.25) is 23.6 Å². The number of hydrogen-bond acceptors (Lipinski definition) is 15. The van der Waals surface area contributed by atoms with Crippen molar-refractivity contribution in [2.75, 3.05) is 51.7 Å². The van der Waals surface area contributed by atoms with Crippen molar-refractivity contribution in [3.63, 3.8) is 0 Å². The third kappa shape index (κ3) is 21.2. The van der Waals surface area contributed by atoms with Gasteiger partial charge in [0, 0.05) is 62.8 Å². The molecule has 8 amide bonds. The number of carbonyl (C=O) groups excluding carboxylic acids is 9. The van der Waals surface area contributed by atoms with Crippen molar-refractivity contribution in [2.24, 2.45) is 23.0 Å². The smallest absolute Gasteiger partial charge is 0.409 e. The number of nitrogens with zero attached hydrogens (tertiary/aromatic N) is 2. The summed E-state index contributed by atoms with van der Waals surface area (Å²) >= 11 is 6.88. The Hall–Kier alpha value is -7.44. The van der Waals surface area contributed by atoms with Crippen molar-refractivity contribution in [3.05, 3.63) is 88.5 Å². The topological polar surface area (TPSA) is 313 Å². The van der Waals surface area contributed by atoms with Crippen LogP contribution in [0.25, 0.3) is 0 Å². The highest BCUT2D eigenvalue weighted by Gasteiger charge is 2.48. The van der Waals surface area contributed by atoms with Crippen LogP contribution in [0.2, 0.25) is 11.3 Å². The molecule has 23 nitrogen and oxygen atoms in total. The van der Waals surface area contributed by atoms with Crippen molar-refractivity contribution < 1.29 is 71.9 Å². The molecule has 8 atom stereocenters. The van der Waals surface area contributed by atoms with Crippen molar-refractivity contribution in [1.29, 1.82) is 0 Å². The zero-order valence-electron chi connectivity index (χ0n) is 52.0. The maximum absolute atomic E-state index is 14.6. The predicted octanol–water partition coefficient (Wildman–Crippen LogP) is 6.74. The van der Waals surface area contributed by atoms with Crippen molar-refractivity contribution in [2.45, 2.75) is 168 Å². The summed E-state index contributed by atoms with van der Waals surface area (Å²) in [7, 11) is 11.3. The number of urea groups is 1. The number of amides is 8. The fraction of sp³-hybridized carbons (Fsp3) is 0.565. The van der Waals surface area contributed by atoms with Crippen LogP contribution in [-0.4, -0.2) is 155 Å². The minimum atomic E-state index is -1.85. The van der Waals surface area contributed by atoms with Gasteiger partial charge in [-0.2, -0.15) is 0 Å². The Morgan fingerprint density at radius 3 is 2.33 bits per heavy atom. The number of likely N-dealkylation sites (N-methyl/N-ethyl adjacent to an activating group) is 1. The van der Waals surface area contributed by atoms with Gasteiger partial charge in [0.25, 0.3) is 5.91 Å². The third-order valence-corrected chi connectivity index (χ3v) is 16.3. The third-order valence-electron chi connectivity index (χ3n) is 15.9. The summed E-state index contributed by atoms with van der Waals surface area (Å²) in [6, 6.07) is 5.22. The Morgan fingerprint density at radius 1 is 1.01 bits per heavy atom. The molecule has 0 aromatic heterocycles. The highest BCUT2D eigenvalue weighted by molar-refractivity contribution is 6.35. The number of ether oxygens (including phenoxy) is 5. The summed E-state index contributed by atoms with van der Waals surface area (Å²) in [5.74, 6) is -4.64. The van der Waals surface area contributed by atoms with E-state index in [1.54, 1.807) is 39.1 Å². The lowest BCUT2D eigenvalue weighted by molar-refractivity contribution is -0.165. The normalized spacial score (nSPS) is 21.8. The van der Waals surface area contributed by atoms with Crippen LogP contribution in [0.3, 0.4) is 0 Å². The molecule has 8 N–H and O–H groups in total. The number of alkyl carbamates (subject to hydrolysis) is 1. The molecule has 2 unspecified atom stereocenters. The van der Waals surface area contributed by atoms with Gasteiger partial charge in [-0.25, -0.2) is 19.2 Å². The van der Waals surface area contributed by atoms with E-state index in [1.807, 2.05) is 39.8 Å². The molecule has 2 aromatic carbocycles. The molecule has 2 radical (unpaired) electrons. The van der Waals surface area contributed by atoms with Crippen LogP contribution < -0.4 is 42.0 Å². The molecular formula is C62H88BClN8O15. The summed E-state index contributed by atoms with van der Waals surface area (Å²) in [6.07, 6.45) is 4.28. The van der Waals surface area contributed by atoms with E-state index in [-0.39, 0.29) is 85.8 Å². The van der Waals surface area contributed by atoms with Crippen molar-refractivity contribution >= 4 is 84.4 Å². The number of carbonyl (C=O) groups is 9. The van der Waals surface area contributed by atoms with E-state index in [4.69, 9.17) is 48.9 Å². The first-order chi connectivity index (χ1) is 41.0. The van der Waals surface area contributed by atoms with Crippen LogP contribution in [0, 0.1) is 17.3 Å². The number of esters is 2. The number of unbranched alkanes of at least 4 members (excludes halogenated alkanes) is 2. The number of hydrogen-bond donors (Lipinski definition) is 7. The second-order valence-corrected chi connectivity index (χ2v) is 23.6. The molecule has 87 heavy (non-hydrogen) atoms. The Labute approximate surface area is 517 Å². The lowest BCUT2D eigenvalue weighted by Gasteiger charge is -2.44. The minimum Gasteiger partial charge on any atom is -0.495 e. The highest BCUT2D eigenvalue weighted by Crippen LogP contribution is 2.42. The number of aliphatic hydroxyl groups is 1. The van der Waals surface area contributed by atoms with E-state index in [9.17, 15) is 48.3 Å². The predicted molar refractivity (Wildman–Crippen MR) is 330 cm³/mol. The maximum atomic E-state index is 14.6. The van der Waals surface area contributed by atoms with Gasteiger partial charge in [-0.05, 0) is 119 Å². The number of fused-ring (bicyclic) bond motifs is 4. The van der Waals surface area contributed by atoms with Crippen molar-refractivity contribution in [1.82, 2.24) is 26.2 Å². The molecule has 2 heterocycles. The van der Waals surface area contributed by atoms with E-state index in [0.717, 1.165) is 11.1 Å². The summed E-state index contributed by atoms with van der Waals surface area (Å²) < 4.78 is 28.5. The van der Waals surface area contributed by atoms with Crippen LogP contribution in [0.5, 0.6) is 5.75 Å². The van der Waals surface area contributed by atoms with E-state index >= 15 is 0 Å². The van der Waals surface area contributed by atoms with Gasteiger partial charge in [-0.15, -0.1) is 0 Å². The number of halogens is 1. The average molecular weight is 1230 g/mol. The number of anilines is 2. The fourth-order valence-electron chi connectivity index (χ4n) is 9.89. The van der Waals surface area contributed by atoms with Crippen LogP contribution >= 0.6 is 11.6 Å². The molecule has 4 rings (SSSR count). The van der Waals surface area contributed by atoms with Gasteiger partial charge in [0.15, 0.2) is 5.72 Å². The highest BCUT2D eigenvalue weighted by atomic mass is 35.5. The lowest BCUT2D eigenvalue weighted by Crippen LogP contribution is -2.62. The average Bonchev–Trinajstić information content (AvgIpc) is 2.07. The second kappa shape index (κ2) is 33.6. The first-order valence-corrected chi connectivity index (χ1v) is 29.6. The number of primary amides is 1. The number of benzene rings is 2. The molecule has 4 bridgehead atoms. The number of nitrogens with one attached hydrogen (secondary N) is 5. The molecule has 2 aromatic rings. The lowest BCUT2D eigenvalue weighted by atomic mass is 9.71. The van der Waals surface area contributed by atoms with Crippen LogP contribution in [0.4, 0.5) is 21.0 Å². The standard InChI is InChI=1S/C62H88BClN8O15/c1-36(2)53(69-50(73)22-14-13-17-28-85-57(78)38(4)35-63)55(76)68-45(20-18-27-66-59(65)80)54(75)67-43-25-23-42(24-26-43)56(77)71(9)40(6)58(79)87-49-33-51(74)72(10)46-31-41(32-47(83-11)52(46)64)29-37(3)19-15-16-21-48(84-12)62(82)34-44(86-60(81)70-62)30-39(5)61(49,7)8/h16,19,21,23-26,31-32,36,39-40,44-45,48-49,53,82H,4,13-15,17-18,20,22,27-30,33-35H2,1-3,5-12H3,(H,67,75)(H,68,76)(H,69,73)(H,70,81)(H3,65,66,80)/b21-16+,37-19+/t39?,40-,44+,45-,48+,49?,53-,62-/m0/s1. The van der Waals surface area contributed by atoms with Gasteiger partial charge in [0.1, 0.15) is 47.2 Å². The fourth-order valence-corrected chi connectivity index (χ4v) is 10.2. The molecule has 2 aliphatic rings. The zero-order valence-corrected chi connectivity index (χ0v) is 52.8. The molecule has 0 spiro atoms. The molecular weight excluding hydrogens is 1140 g/mol. The summed E-state index contributed by atoms with van der Waals surface area (Å²) in [5.41, 5.74) is 5.01. The van der Waals surface area contributed by atoms with Gasteiger partial charge in [-0.1, -0.05) is 82.9 Å². The van der Waals surface area contributed by atoms with E-state index < -0.39 is 107 Å². The van der Waals surface area contributed by atoms with Gasteiger partial charge >= 0.3 is 24.1 Å². The second-order valence-electron chi connectivity index (χ2n) is 23.2. The molecule has 0 saturated carbocycles. The zero-order chi connectivity index (χ0) is 64.9. The monoisotopic (exact) mass is 1230 g/mol. The van der Waals surface area contributed by atoms with Gasteiger partial charge in [0.05, 0.1) is 33.7 Å². The number of allylic oxidation sites excluding steroid dienone is 3. The Kier molecular flexibility index (Phi) is 27.8. The molecule has 25 heteroatoms. The van der Waals surface area contributed by atoms with Crippen molar-refractivity contribution in [3.8, 4) is 5.75 Å². The van der Waals surface area contributed by atoms with Crippen LogP contribution in [0.15, 0.2) is 72.4 Å². The minimum absolute atomic E-state index is 0.0167. The molecule has 2 aliphatic heterocycles. The first kappa shape index (κ1) is 72.0. The van der Waals surface area contributed by atoms with Gasteiger partial charge in [-0.3, -0.25) is 29.3 Å². The largest absolute Gasteiger partial charge is 0.495 e. The number of rotatable bonds is 24. The summed E-state index contributed by atoms with van der Waals surface area (Å²) in [6.45, 7) is 16.2. The summed E-state index contributed by atoms with van der Waals surface area (Å²) in [5, 5.41) is 25.3. The quantitative estimate of drug-likeness (QED) is 0.0143. The van der Waals surface area contributed by atoms with E-state index in [2.05, 4.69) is 33.2 Å². The van der Waals surface area contributed by atoms with Crippen LogP contribution in [-0.2, 0) is 54.1 Å². The first-order valence-electron chi connectivity index (χ1n) is 29.2. The van der Waals surface area contributed by atoms with Crippen LogP contribution in [0.1, 0.15) is 129 Å². The van der Waals surface area contributed by atoms with E-state index in [0.29, 0.717) is 43.5 Å². The molecule has 1 fully saturated rings. The molecule has 1 saturated heterocycles. The van der Waals surface area contributed by atoms with E-state index in [1.165, 1.54) is 62.3 Å². The Bertz CT molecular complexity index is 2850. The SMILES string of the molecule is [B]CC(=C)C(=O)OCCCCCC(=O)N[C@H](C(=O)N[C@@H](CCCNC(N)=O)C(=O)Nc1ccc(C(=O)N(C)[C@@H](C)C(=O)OC2CC(=O)N(C)c3cc(cc(OC)c3Cl)C/C(C)=C/C/C=C/[C@@H](OC)[C@@]3(O)C[C@@H](CC(C)C2(C)C)OC(=O)N3)cc1)C(C)C. The number of nitrogens with two attached hydrogens (primary N) is 1. The maximum Gasteiger partial charge on any atom is 0.409 e. The Balaban J connectivity index is 1.53. The summed E-state index contributed by atoms with van der Waals surface area (Å²) in [4.78, 5) is 123. The Morgan fingerprint density at radius 2 is 1.70 bits per heavy atom. The molecule has 476 valence electrons. The number of methoxy groups -OCH3 is 2.